The Morgan fingerprint density at radius 3 is 2.07 bits per heavy atom. The summed E-state index contributed by atoms with van der Waals surface area (Å²) in [6.07, 6.45) is 0. The van der Waals surface area contributed by atoms with E-state index in [9.17, 15) is 0 Å². The maximum atomic E-state index is 5.52. The van der Waals surface area contributed by atoms with E-state index in [1.165, 1.54) is 0 Å². The van der Waals surface area contributed by atoms with Gasteiger partial charge in [-0.1, -0.05) is 11.8 Å². The fraction of sp³-hybridized carbons (Fsp3) is 0.300. The molecule has 0 saturated carbocycles. The Hall–Kier alpha value is -2.56. The first kappa shape index (κ1) is 20.7. The third-order valence-corrected chi connectivity index (χ3v) is 4.39. The van der Waals surface area contributed by atoms with Gasteiger partial charge in [-0.25, -0.2) is 0 Å². The second-order valence-electron chi connectivity index (χ2n) is 5.17. The summed E-state index contributed by atoms with van der Waals surface area (Å²) in [5.74, 6) is 8.91. The van der Waals surface area contributed by atoms with E-state index < -0.39 is 0 Å². The summed E-state index contributed by atoms with van der Waals surface area (Å²) in [5, 5.41) is 0. The molecule has 0 spiro atoms. The van der Waals surface area contributed by atoms with Gasteiger partial charge in [-0.15, -0.1) is 0 Å². The number of hydrogen-bond acceptors (Lipinski definition) is 6. The van der Waals surface area contributed by atoms with Gasteiger partial charge in [0.2, 0.25) is 5.75 Å². The van der Waals surface area contributed by atoms with Crippen molar-refractivity contribution in [3.8, 4) is 40.6 Å². The van der Waals surface area contributed by atoms with Gasteiger partial charge in [0, 0.05) is 24.3 Å². The number of methoxy groups -OCH3 is 5. The van der Waals surface area contributed by atoms with E-state index in [-0.39, 0.29) is 6.79 Å². The van der Waals surface area contributed by atoms with Crippen molar-refractivity contribution in [1.82, 2.24) is 0 Å². The predicted molar refractivity (Wildman–Crippen MR) is 105 cm³/mol. The van der Waals surface area contributed by atoms with E-state index in [1.807, 2.05) is 6.07 Å². The van der Waals surface area contributed by atoms with Crippen LogP contribution in [0.2, 0.25) is 0 Å². The summed E-state index contributed by atoms with van der Waals surface area (Å²) in [7, 11) is 7.80. The van der Waals surface area contributed by atoms with Crippen LogP contribution in [-0.4, -0.2) is 42.3 Å². The van der Waals surface area contributed by atoms with Crippen molar-refractivity contribution in [3.05, 3.63) is 39.9 Å². The van der Waals surface area contributed by atoms with Crippen LogP contribution in [0.25, 0.3) is 0 Å². The third kappa shape index (κ3) is 4.79. The van der Waals surface area contributed by atoms with Gasteiger partial charge in [-0.2, -0.15) is 0 Å². The SMILES string of the molecule is COCOc1cc(C#Cc2cc(OC)c(OC)c(OC)c2Br)ccc1OC. The van der Waals surface area contributed by atoms with Gasteiger partial charge in [0.25, 0.3) is 0 Å². The Morgan fingerprint density at radius 2 is 1.48 bits per heavy atom. The summed E-state index contributed by atoms with van der Waals surface area (Å²) in [5.41, 5.74) is 1.45. The molecule has 0 atom stereocenters. The van der Waals surface area contributed by atoms with Crippen LogP contribution in [0.15, 0.2) is 28.7 Å². The molecular formula is C20H21BrO6. The molecule has 7 heteroatoms. The molecule has 0 aliphatic rings. The van der Waals surface area contributed by atoms with E-state index in [0.29, 0.717) is 38.8 Å². The minimum atomic E-state index is 0.117. The number of benzene rings is 2. The molecule has 2 rings (SSSR count). The van der Waals surface area contributed by atoms with Gasteiger partial charge in [-0.3, -0.25) is 0 Å². The molecule has 0 aliphatic heterocycles. The van der Waals surface area contributed by atoms with E-state index in [4.69, 9.17) is 28.4 Å². The second-order valence-corrected chi connectivity index (χ2v) is 5.97. The molecule has 144 valence electrons. The van der Waals surface area contributed by atoms with Gasteiger partial charge < -0.3 is 28.4 Å². The standard InChI is InChI=1S/C20H21BrO6/c1-22-12-27-16-10-13(7-9-15(16)23-2)6-8-14-11-17(24-3)19(25-4)20(26-5)18(14)21/h7,9-11H,12H2,1-5H3. The van der Waals surface area contributed by atoms with Crippen LogP contribution < -0.4 is 23.7 Å². The predicted octanol–water partition coefficient (Wildman–Crippen LogP) is 3.87. The minimum Gasteiger partial charge on any atom is -0.493 e. The normalized spacial score (nSPS) is 9.85. The zero-order chi connectivity index (χ0) is 19.8. The van der Waals surface area contributed by atoms with Gasteiger partial charge >= 0.3 is 0 Å². The topological polar surface area (TPSA) is 55.4 Å². The van der Waals surface area contributed by atoms with Crippen LogP contribution in [0, 0.1) is 11.8 Å². The van der Waals surface area contributed by atoms with Gasteiger partial charge in [0.15, 0.2) is 29.8 Å². The lowest BCUT2D eigenvalue weighted by Gasteiger charge is -2.14. The lowest BCUT2D eigenvalue weighted by atomic mass is 10.1. The monoisotopic (exact) mass is 436 g/mol. The molecule has 27 heavy (non-hydrogen) atoms. The van der Waals surface area contributed by atoms with Crippen LogP contribution in [0.3, 0.4) is 0 Å². The van der Waals surface area contributed by atoms with E-state index in [2.05, 4.69) is 27.8 Å². The Kier molecular flexibility index (Phi) is 7.65. The van der Waals surface area contributed by atoms with Gasteiger partial charge in [-0.05, 0) is 34.1 Å². The maximum Gasteiger partial charge on any atom is 0.204 e. The van der Waals surface area contributed by atoms with E-state index >= 15 is 0 Å². The maximum absolute atomic E-state index is 5.52. The molecule has 0 N–H and O–H groups in total. The van der Waals surface area contributed by atoms with E-state index in [0.717, 1.165) is 5.56 Å². The summed E-state index contributed by atoms with van der Waals surface area (Å²) in [6.45, 7) is 0.117. The van der Waals surface area contributed by atoms with Crippen molar-refractivity contribution in [3.63, 3.8) is 0 Å². The lowest BCUT2D eigenvalue weighted by Crippen LogP contribution is -2.01. The molecule has 0 amide bonds. The molecule has 2 aromatic rings. The van der Waals surface area contributed by atoms with Crippen molar-refractivity contribution < 1.29 is 28.4 Å². The molecule has 0 aliphatic carbocycles. The zero-order valence-electron chi connectivity index (χ0n) is 15.8. The molecule has 6 nitrogen and oxygen atoms in total. The Bertz CT molecular complexity index is 854. The third-order valence-electron chi connectivity index (χ3n) is 3.61. The molecule has 0 aromatic heterocycles. The summed E-state index contributed by atoms with van der Waals surface area (Å²) in [4.78, 5) is 0. The van der Waals surface area contributed by atoms with Crippen LogP contribution in [0.1, 0.15) is 11.1 Å². The zero-order valence-corrected chi connectivity index (χ0v) is 17.4. The first-order valence-corrected chi connectivity index (χ1v) is 8.69. The molecular weight excluding hydrogens is 416 g/mol. The van der Waals surface area contributed by atoms with Crippen molar-refractivity contribution in [1.29, 1.82) is 0 Å². The van der Waals surface area contributed by atoms with Crippen LogP contribution in [0.5, 0.6) is 28.7 Å². The minimum absolute atomic E-state index is 0.117. The quantitative estimate of drug-likeness (QED) is 0.485. The highest BCUT2D eigenvalue weighted by Crippen LogP contribution is 2.44. The Morgan fingerprint density at radius 1 is 0.778 bits per heavy atom. The Balaban J connectivity index is 2.45. The summed E-state index contributed by atoms with van der Waals surface area (Å²) >= 11 is 3.52. The first-order valence-electron chi connectivity index (χ1n) is 7.89. The Labute approximate surface area is 167 Å². The van der Waals surface area contributed by atoms with Crippen molar-refractivity contribution >= 4 is 15.9 Å². The highest BCUT2D eigenvalue weighted by molar-refractivity contribution is 9.10. The average molecular weight is 437 g/mol. The first-order chi connectivity index (χ1) is 13.1. The fourth-order valence-corrected chi connectivity index (χ4v) is 2.90. The molecule has 2 aromatic carbocycles. The smallest absolute Gasteiger partial charge is 0.204 e. The van der Waals surface area contributed by atoms with Crippen LogP contribution in [-0.2, 0) is 4.74 Å². The molecule has 0 radical (unpaired) electrons. The lowest BCUT2D eigenvalue weighted by molar-refractivity contribution is 0.0491. The van der Waals surface area contributed by atoms with Crippen molar-refractivity contribution in [2.45, 2.75) is 0 Å². The molecule has 0 unspecified atom stereocenters. The number of rotatable bonds is 7. The molecule has 0 bridgehead atoms. The number of halogens is 1. The van der Waals surface area contributed by atoms with Crippen molar-refractivity contribution in [2.24, 2.45) is 0 Å². The van der Waals surface area contributed by atoms with Crippen molar-refractivity contribution in [2.75, 3.05) is 42.3 Å². The molecule has 0 heterocycles. The van der Waals surface area contributed by atoms with Crippen LogP contribution >= 0.6 is 15.9 Å². The molecule has 0 saturated heterocycles. The van der Waals surface area contributed by atoms with Gasteiger partial charge in [0.05, 0.1) is 32.9 Å². The average Bonchev–Trinajstić information content (AvgIpc) is 2.70. The fourth-order valence-electron chi connectivity index (χ4n) is 2.34. The molecule has 0 fully saturated rings. The van der Waals surface area contributed by atoms with Crippen LogP contribution in [0.4, 0.5) is 0 Å². The summed E-state index contributed by atoms with van der Waals surface area (Å²) < 4.78 is 32.6. The highest BCUT2D eigenvalue weighted by atomic mass is 79.9. The van der Waals surface area contributed by atoms with Gasteiger partial charge in [0.1, 0.15) is 0 Å². The second kappa shape index (κ2) is 9.95. The summed E-state index contributed by atoms with van der Waals surface area (Å²) in [6, 6.07) is 7.21. The number of hydrogen-bond donors (Lipinski definition) is 0. The number of ether oxygens (including phenoxy) is 6. The largest absolute Gasteiger partial charge is 0.493 e. The highest BCUT2D eigenvalue weighted by Gasteiger charge is 2.18. The van der Waals surface area contributed by atoms with E-state index in [1.54, 1.807) is 53.7 Å².